The molecule has 0 heterocycles. The van der Waals surface area contributed by atoms with Gasteiger partial charge in [-0.2, -0.15) is 0 Å². The van der Waals surface area contributed by atoms with Crippen LogP contribution >= 0.6 is 15.9 Å². The predicted molar refractivity (Wildman–Crippen MR) is 69.1 cm³/mol. The van der Waals surface area contributed by atoms with E-state index < -0.39 is 0 Å². The highest BCUT2D eigenvalue weighted by Crippen LogP contribution is 2.17. The molecule has 0 atom stereocenters. The number of nitrogens with one attached hydrogen (secondary N) is 1. The summed E-state index contributed by atoms with van der Waals surface area (Å²) >= 11 is 3.51. The molecule has 1 aromatic rings. The van der Waals surface area contributed by atoms with Crippen LogP contribution in [0.5, 0.6) is 0 Å². The molecule has 0 amide bonds. The van der Waals surface area contributed by atoms with Crippen molar-refractivity contribution in [3.8, 4) is 0 Å². The van der Waals surface area contributed by atoms with E-state index in [-0.39, 0.29) is 0 Å². The average molecular weight is 271 g/mol. The molecule has 3 heteroatoms. The summed E-state index contributed by atoms with van der Waals surface area (Å²) in [5.74, 6) is 0. The topological polar surface area (TPSA) is 15.3 Å². The summed E-state index contributed by atoms with van der Waals surface area (Å²) in [7, 11) is 4.13. The summed E-state index contributed by atoms with van der Waals surface area (Å²) in [6.07, 6.45) is 0. The molecule has 1 N–H and O–H groups in total. The number of hydrogen-bond acceptors (Lipinski definition) is 2. The van der Waals surface area contributed by atoms with Crippen molar-refractivity contribution in [1.82, 2.24) is 10.2 Å². The maximum Gasteiger partial charge on any atom is 0.0231 e. The van der Waals surface area contributed by atoms with E-state index in [2.05, 4.69) is 58.3 Å². The smallest absolute Gasteiger partial charge is 0.0231 e. The van der Waals surface area contributed by atoms with Crippen molar-refractivity contribution in [1.29, 1.82) is 0 Å². The van der Waals surface area contributed by atoms with Gasteiger partial charge >= 0.3 is 0 Å². The van der Waals surface area contributed by atoms with E-state index in [1.165, 1.54) is 15.6 Å². The van der Waals surface area contributed by atoms with Crippen LogP contribution in [0.1, 0.15) is 11.1 Å². The van der Waals surface area contributed by atoms with Crippen LogP contribution in [0.3, 0.4) is 0 Å². The number of aryl methyl sites for hydroxylation is 1. The van der Waals surface area contributed by atoms with Crippen LogP contribution in [0, 0.1) is 6.92 Å². The van der Waals surface area contributed by atoms with Gasteiger partial charge in [-0.1, -0.05) is 28.1 Å². The van der Waals surface area contributed by atoms with Gasteiger partial charge in [0.1, 0.15) is 0 Å². The lowest BCUT2D eigenvalue weighted by Crippen LogP contribution is -2.26. The van der Waals surface area contributed by atoms with Crippen molar-refractivity contribution in [2.24, 2.45) is 0 Å². The molecule has 1 aromatic carbocycles. The maximum atomic E-state index is 3.51. The molecule has 15 heavy (non-hydrogen) atoms. The lowest BCUT2D eigenvalue weighted by molar-refractivity contribution is 0.328. The highest BCUT2D eigenvalue weighted by atomic mass is 79.9. The third kappa shape index (κ3) is 4.33. The first-order valence-corrected chi connectivity index (χ1v) is 6.01. The largest absolute Gasteiger partial charge is 0.318 e. The Hall–Kier alpha value is -0.380. The second-order valence-corrected chi connectivity index (χ2v) is 4.78. The van der Waals surface area contributed by atoms with E-state index in [1.807, 2.05) is 7.05 Å². The maximum absolute atomic E-state index is 3.51. The molecular weight excluding hydrogens is 252 g/mol. The molecule has 0 fully saturated rings. The zero-order valence-electron chi connectivity index (χ0n) is 9.68. The van der Waals surface area contributed by atoms with Gasteiger partial charge in [-0.15, -0.1) is 0 Å². The van der Waals surface area contributed by atoms with Crippen molar-refractivity contribution < 1.29 is 0 Å². The first kappa shape index (κ1) is 12.7. The molecule has 2 nitrogen and oxygen atoms in total. The van der Waals surface area contributed by atoms with E-state index in [4.69, 9.17) is 0 Å². The Balaban J connectivity index is 2.53. The highest BCUT2D eigenvalue weighted by Gasteiger charge is 2.01. The Labute approximate surface area is 101 Å². The minimum atomic E-state index is 1.01. The third-order valence-electron chi connectivity index (χ3n) is 2.42. The van der Waals surface area contributed by atoms with Crippen LogP contribution in [0.2, 0.25) is 0 Å². The summed E-state index contributed by atoms with van der Waals surface area (Å²) in [6, 6.07) is 6.53. The Morgan fingerprint density at radius 2 is 2.13 bits per heavy atom. The van der Waals surface area contributed by atoms with E-state index >= 15 is 0 Å². The molecule has 1 rings (SSSR count). The summed E-state index contributed by atoms with van der Waals surface area (Å²) in [5, 5.41) is 3.16. The van der Waals surface area contributed by atoms with Crippen LogP contribution < -0.4 is 5.32 Å². The first-order valence-electron chi connectivity index (χ1n) is 5.21. The summed E-state index contributed by atoms with van der Waals surface area (Å²) in [6.45, 7) is 5.24. The zero-order valence-corrected chi connectivity index (χ0v) is 11.3. The Kier molecular flexibility index (Phi) is 5.29. The van der Waals surface area contributed by atoms with Crippen molar-refractivity contribution >= 4 is 15.9 Å². The van der Waals surface area contributed by atoms with E-state index in [1.54, 1.807) is 0 Å². The Bertz CT molecular complexity index is 312. The summed E-state index contributed by atoms with van der Waals surface area (Å²) < 4.78 is 1.18. The number of likely N-dealkylation sites (N-methyl/N-ethyl adjacent to an activating group) is 2. The van der Waals surface area contributed by atoms with Gasteiger partial charge in [0.2, 0.25) is 0 Å². The molecule has 84 valence electrons. The third-order valence-corrected chi connectivity index (χ3v) is 3.31. The number of rotatable bonds is 5. The summed E-state index contributed by atoms with van der Waals surface area (Å²) in [4.78, 5) is 2.32. The lowest BCUT2D eigenvalue weighted by Gasteiger charge is -2.16. The molecule has 0 aliphatic heterocycles. The number of halogens is 1. The van der Waals surface area contributed by atoms with Gasteiger partial charge in [0.05, 0.1) is 0 Å². The molecular formula is C12H19BrN2. The standard InChI is InChI=1S/C12H19BrN2/c1-10-8-11(4-5-12(10)13)9-15(3)7-6-14-2/h4-5,8,14H,6-7,9H2,1-3H3. The molecule has 0 aromatic heterocycles. The number of hydrogen-bond donors (Lipinski definition) is 1. The SMILES string of the molecule is CNCCN(C)Cc1ccc(Br)c(C)c1. The fourth-order valence-electron chi connectivity index (χ4n) is 1.50. The van der Waals surface area contributed by atoms with E-state index in [9.17, 15) is 0 Å². The fraction of sp³-hybridized carbons (Fsp3) is 0.500. The minimum Gasteiger partial charge on any atom is -0.318 e. The quantitative estimate of drug-likeness (QED) is 0.884. The van der Waals surface area contributed by atoms with Gasteiger partial charge in [-0.3, -0.25) is 0 Å². The summed E-state index contributed by atoms with van der Waals surface area (Å²) in [5.41, 5.74) is 2.67. The second-order valence-electron chi connectivity index (χ2n) is 3.92. The molecule has 0 aliphatic carbocycles. The van der Waals surface area contributed by atoms with Gasteiger partial charge in [-0.05, 0) is 38.2 Å². The minimum absolute atomic E-state index is 1.01. The molecule has 0 aliphatic rings. The molecule has 0 radical (unpaired) electrons. The number of nitrogens with zero attached hydrogens (tertiary/aromatic N) is 1. The second kappa shape index (κ2) is 6.26. The average Bonchev–Trinajstić information content (AvgIpc) is 2.20. The van der Waals surface area contributed by atoms with Gasteiger partial charge < -0.3 is 10.2 Å². The Morgan fingerprint density at radius 3 is 2.73 bits per heavy atom. The van der Waals surface area contributed by atoms with Gasteiger partial charge in [0, 0.05) is 24.1 Å². The number of benzene rings is 1. The molecule has 0 spiro atoms. The van der Waals surface area contributed by atoms with Crippen LogP contribution in [0.4, 0.5) is 0 Å². The highest BCUT2D eigenvalue weighted by molar-refractivity contribution is 9.10. The van der Waals surface area contributed by atoms with Gasteiger partial charge in [0.25, 0.3) is 0 Å². The van der Waals surface area contributed by atoms with Crippen molar-refractivity contribution in [3.05, 3.63) is 33.8 Å². The zero-order chi connectivity index (χ0) is 11.3. The van der Waals surface area contributed by atoms with Crippen LogP contribution in [0.15, 0.2) is 22.7 Å². The molecule has 0 bridgehead atoms. The molecule has 0 saturated heterocycles. The Morgan fingerprint density at radius 1 is 1.40 bits per heavy atom. The first-order chi connectivity index (χ1) is 7.13. The molecule has 0 unspecified atom stereocenters. The van der Waals surface area contributed by atoms with Crippen molar-refractivity contribution in [2.45, 2.75) is 13.5 Å². The van der Waals surface area contributed by atoms with Crippen LogP contribution in [-0.2, 0) is 6.54 Å². The normalized spacial score (nSPS) is 11.0. The van der Waals surface area contributed by atoms with Crippen molar-refractivity contribution in [2.75, 3.05) is 27.2 Å². The molecule has 0 saturated carbocycles. The lowest BCUT2D eigenvalue weighted by atomic mass is 10.1. The van der Waals surface area contributed by atoms with Gasteiger partial charge in [-0.25, -0.2) is 0 Å². The van der Waals surface area contributed by atoms with E-state index in [0.717, 1.165) is 19.6 Å². The van der Waals surface area contributed by atoms with Crippen LogP contribution in [0.25, 0.3) is 0 Å². The monoisotopic (exact) mass is 270 g/mol. The van der Waals surface area contributed by atoms with Crippen molar-refractivity contribution in [3.63, 3.8) is 0 Å². The fourth-order valence-corrected chi connectivity index (χ4v) is 1.75. The van der Waals surface area contributed by atoms with Crippen LogP contribution in [-0.4, -0.2) is 32.1 Å². The van der Waals surface area contributed by atoms with E-state index in [0.29, 0.717) is 0 Å². The predicted octanol–water partition coefficient (Wildman–Crippen LogP) is 2.41. The van der Waals surface area contributed by atoms with Gasteiger partial charge in [0.15, 0.2) is 0 Å².